The number of oxime groups is 1. The van der Waals surface area contributed by atoms with E-state index in [4.69, 9.17) is 28.9 Å². The van der Waals surface area contributed by atoms with E-state index in [1.165, 1.54) is 12.1 Å². The number of unbranched alkanes of at least 4 members (excludes halogenated alkanes) is 2. The smallest absolute Gasteiger partial charge is 0.273 e. The highest BCUT2D eigenvalue weighted by atomic mass is 32.2. The number of hydrogen-bond acceptors (Lipinski definition) is 11. The first kappa shape index (κ1) is 38.3. The number of aliphatic hydroxyl groups is 2. The van der Waals surface area contributed by atoms with Crippen LogP contribution in [0.2, 0.25) is 0 Å². The van der Waals surface area contributed by atoms with Crippen LogP contribution in [-0.2, 0) is 14.3 Å². The summed E-state index contributed by atoms with van der Waals surface area (Å²) >= 11 is 1.79. The van der Waals surface area contributed by atoms with Crippen molar-refractivity contribution in [3.8, 4) is 17.2 Å². The zero-order valence-corrected chi connectivity index (χ0v) is 30.8. The summed E-state index contributed by atoms with van der Waals surface area (Å²) in [5.74, 6) is 1.40. The Morgan fingerprint density at radius 2 is 1.90 bits per heavy atom. The highest BCUT2D eigenvalue weighted by Crippen LogP contribution is 2.62. The standard InChI is InChI=1S/C40H52N2O9S/c1-3-21-48-40-36(52-4-2)26-34(41-51-37-16-7-10-22-47-37)32-23-27(12-5-8-19-43)31(15-6-9-20-44)38(39(32)40)33-25-30(17-18-35(33)50-40)49-29-14-11-13-28(24-29)42(45)46/h3,11,13-14,17-18,23-25,27,31,36-39,43-44H,1,4-10,12,15-16,19-22,26H2,2H3. The highest BCUT2D eigenvalue weighted by Gasteiger charge is 2.63. The number of benzene rings is 2. The van der Waals surface area contributed by atoms with Gasteiger partial charge in [-0.05, 0) is 86.0 Å². The first-order valence-electron chi connectivity index (χ1n) is 18.8. The second-order valence-electron chi connectivity index (χ2n) is 14.0. The molecule has 2 aromatic rings. The average molecular weight is 737 g/mol. The zero-order chi connectivity index (χ0) is 36.5. The number of nitro benzene ring substituents is 1. The number of nitrogens with zero attached hydrogens (tertiary/aromatic N) is 2. The van der Waals surface area contributed by atoms with Crippen LogP contribution in [0.15, 0.2) is 71.9 Å². The molecule has 0 spiro atoms. The zero-order valence-electron chi connectivity index (χ0n) is 30.0. The van der Waals surface area contributed by atoms with Gasteiger partial charge >= 0.3 is 0 Å². The molecular weight excluding hydrogens is 685 g/mol. The number of aliphatic hydroxyl groups excluding tert-OH is 2. The van der Waals surface area contributed by atoms with E-state index in [-0.39, 0.29) is 54.1 Å². The van der Waals surface area contributed by atoms with E-state index in [0.29, 0.717) is 49.7 Å². The van der Waals surface area contributed by atoms with Gasteiger partial charge in [0.25, 0.3) is 5.69 Å². The van der Waals surface area contributed by atoms with E-state index in [2.05, 4.69) is 19.6 Å². The van der Waals surface area contributed by atoms with Crippen LogP contribution >= 0.6 is 11.8 Å². The fourth-order valence-electron chi connectivity index (χ4n) is 8.45. The van der Waals surface area contributed by atoms with Gasteiger partial charge in [-0.15, -0.1) is 6.58 Å². The van der Waals surface area contributed by atoms with Crippen molar-refractivity contribution in [2.24, 2.45) is 22.9 Å². The van der Waals surface area contributed by atoms with Crippen molar-refractivity contribution in [3.63, 3.8) is 0 Å². The molecule has 6 rings (SSSR count). The number of non-ortho nitro benzene ring substituents is 1. The molecule has 0 bridgehead atoms. The van der Waals surface area contributed by atoms with E-state index in [0.717, 1.165) is 67.5 Å². The van der Waals surface area contributed by atoms with E-state index in [1.54, 1.807) is 30.0 Å². The Hall–Kier alpha value is -3.42. The van der Waals surface area contributed by atoms with Crippen molar-refractivity contribution in [2.45, 2.75) is 94.4 Å². The number of nitro groups is 1. The number of ether oxygens (including phenoxy) is 4. The third-order valence-corrected chi connectivity index (χ3v) is 11.9. The van der Waals surface area contributed by atoms with Gasteiger partial charge in [0.15, 0.2) is 0 Å². The normalized spacial score (nSPS) is 28.6. The van der Waals surface area contributed by atoms with Gasteiger partial charge in [0.05, 0.1) is 41.1 Å². The van der Waals surface area contributed by atoms with Crippen molar-refractivity contribution >= 4 is 23.2 Å². The fraction of sp³-hybridized carbons (Fsp3) is 0.575. The van der Waals surface area contributed by atoms with Crippen LogP contribution < -0.4 is 9.47 Å². The van der Waals surface area contributed by atoms with Crippen LogP contribution in [0.25, 0.3) is 0 Å². The fourth-order valence-corrected chi connectivity index (χ4v) is 9.63. The minimum absolute atomic E-state index is 0.0472. The molecule has 52 heavy (non-hydrogen) atoms. The molecule has 0 amide bonds. The second-order valence-corrected chi connectivity index (χ2v) is 15.4. The Morgan fingerprint density at radius 3 is 2.63 bits per heavy atom. The van der Waals surface area contributed by atoms with Gasteiger partial charge in [0.1, 0.15) is 17.2 Å². The Morgan fingerprint density at radius 1 is 1.10 bits per heavy atom. The molecule has 7 unspecified atom stereocenters. The Balaban J connectivity index is 1.51. The molecule has 2 fully saturated rings. The molecule has 282 valence electrons. The summed E-state index contributed by atoms with van der Waals surface area (Å²) in [6.07, 6.45) is 12.0. The molecular formula is C40H52N2O9S. The molecule has 2 N–H and O–H groups in total. The summed E-state index contributed by atoms with van der Waals surface area (Å²) in [6.45, 7) is 7.34. The van der Waals surface area contributed by atoms with E-state index in [1.807, 2.05) is 18.2 Å². The predicted molar refractivity (Wildman–Crippen MR) is 201 cm³/mol. The molecule has 1 saturated heterocycles. The quantitative estimate of drug-likeness (QED) is 0.0664. The number of rotatable bonds is 18. The molecule has 12 heteroatoms. The van der Waals surface area contributed by atoms with Gasteiger partial charge in [0.2, 0.25) is 12.1 Å². The molecule has 11 nitrogen and oxygen atoms in total. The summed E-state index contributed by atoms with van der Waals surface area (Å²) in [4.78, 5) is 17.2. The molecule has 7 atom stereocenters. The van der Waals surface area contributed by atoms with Gasteiger partial charge in [-0.3, -0.25) is 10.1 Å². The van der Waals surface area contributed by atoms with Gasteiger partial charge in [0, 0.05) is 43.6 Å². The van der Waals surface area contributed by atoms with Crippen molar-refractivity contribution in [2.75, 3.05) is 32.2 Å². The number of thioether (sulfide) groups is 1. The first-order valence-corrected chi connectivity index (χ1v) is 19.9. The van der Waals surface area contributed by atoms with Crippen molar-refractivity contribution in [1.29, 1.82) is 0 Å². The van der Waals surface area contributed by atoms with Crippen LogP contribution in [0.4, 0.5) is 5.69 Å². The molecule has 2 aliphatic carbocycles. The van der Waals surface area contributed by atoms with Gasteiger partial charge in [-0.2, -0.15) is 11.8 Å². The Bertz CT molecular complexity index is 1590. The van der Waals surface area contributed by atoms with E-state index >= 15 is 0 Å². The minimum atomic E-state index is -1.04. The second kappa shape index (κ2) is 18.1. The molecule has 0 radical (unpaired) electrons. The van der Waals surface area contributed by atoms with Crippen LogP contribution in [0.1, 0.15) is 82.6 Å². The maximum Gasteiger partial charge on any atom is 0.273 e. The topological polar surface area (TPSA) is 142 Å². The SMILES string of the molecule is C=CCOC12Oc3ccc(Oc4cccc([N+](=O)[O-])c4)cc3C3C(CCCCO)C(CCCCO)C=C(C(=NOC4CCCCO4)CC1SCC)C32. The summed E-state index contributed by atoms with van der Waals surface area (Å²) in [6, 6.07) is 12.0. The van der Waals surface area contributed by atoms with Gasteiger partial charge in [-0.1, -0.05) is 43.1 Å². The average Bonchev–Trinajstić information content (AvgIpc) is 3.16. The van der Waals surface area contributed by atoms with Crippen LogP contribution in [0.3, 0.4) is 0 Å². The van der Waals surface area contributed by atoms with Crippen LogP contribution in [0, 0.1) is 27.9 Å². The van der Waals surface area contributed by atoms with E-state index < -0.39 is 10.7 Å². The lowest BCUT2D eigenvalue weighted by atomic mass is 9.56. The molecule has 2 aliphatic heterocycles. The minimum Gasteiger partial charge on any atom is -0.460 e. The molecule has 0 aromatic heterocycles. The number of fused-ring (bicyclic) bond motifs is 2. The lowest BCUT2D eigenvalue weighted by Crippen LogP contribution is -2.64. The largest absolute Gasteiger partial charge is 0.460 e. The summed E-state index contributed by atoms with van der Waals surface area (Å²) in [5, 5.41) is 35.8. The first-order chi connectivity index (χ1) is 25.4. The van der Waals surface area contributed by atoms with Crippen molar-refractivity contribution in [1.82, 2.24) is 0 Å². The lowest BCUT2D eigenvalue weighted by Gasteiger charge is -2.58. The predicted octanol–water partition coefficient (Wildman–Crippen LogP) is 8.30. The third-order valence-electron chi connectivity index (χ3n) is 10.7. The molecule has 2 aromatic carbocycles. The highest BCUT2D eigenvalue weighted by molar-refractivity contribution is 8.00. The molecule has 4 aliphatic rings. The van der Waals surface area contributed by atoms with Crippen molar-refractivity contribution < 1.29 is 38.9 Å². The summed E-state index contributed by atoms with van der Waals surface area (Å²) in [5.41, 5.74) is 2.87. The summed E-state index contributed by atoms with van der Waals surface area (Å²) < 4.78 is 26.3. The molecule has 1 saturated carbocycles. The lowest BCUT2D eigenvalue weighted by molar-refractivity contribution is -0.384. The van der Waals surface area contributed by atoms with Gasteiger partial charge in [-0.25, -0.2) is 0 Å². The maximum absolute atomic E-state index is 11.5. The Labute approximate surface area is 310 Å². The molecule has 2 heterocycles. The number of hydrogen-bond donors (Lipinski definition) is 2. The third kappa shape index (κ3) is 8.36. The maximum atomic E-state index is 11.5. The van der Waals surface area contributed by atoms with Crippen LogP contribution in [0.5, 0.6) is 17.2 Å². The Kier molecular flexibility index (Phi) is 13.3. The number of allylic oxidation sites excluding steroid dienone is 1. The van der Waals surface area contributed by atoms with E-state index in [9.17, 15) is 20.3 Å². The van der Waals surface area contributed by atoms with Gasteiger partial charge < -0.3 is 34.0 Å². The van der Waals surface area contributed by atoms with Crippen LogP contribution in [-0.4, -0.2) is 70.4 Å². The summed E-state index contributed by atoms with van der Waals surface area (Å²) in [7, 11) is 0. The van der Waals surface area contributed by atoms with Crippen molar-refractivity contribution in [3.05, 3.63) is 82.4 Å². The monoisotopic (exact) mass is 736 g/mol.